The van der Waals surface area contributed by atoms with Crippen LogP contribution in [-0.4, -0.2) is 49.2 Å². The van der Waals surface area contributed by atoms with E-state index in [1.165, 1.54) is 51.2 Å². The first-order valence-corrected chi connectivity index (χ1v) is 11.9. The summed E-state index contributed by atoms with van der Waals surface area (Å²) >= 11 is 0. The molecule has 1 aromatic rings. The molecular weight excluding hydrogens is 417 g/mol. The van der Waals surface area contributed by atoms with Gasteiger partial charge in [-0.15, -0.1) is 0 Å². The molecule has 178 valence electrons. The highest BCUT2D eigenvalue weighted by Gasteiger charge is 2.31. The van der Waals surface area contributed by atoms with Crippen molar-refractivity contribution < 1.29 is 22.8 Å². The molecule has 3 rings (SSSR count). The van der Waals surface area contributed by atoms with Gasteiger partial charge in [-0.2, -0.15) is 13.2 Å². The number of ketones is 2. The lowest BCUT2D eigenvalue weighted by Crippen LogP contribution is -2.47. The Morgan fingerprint density at radius 3 is 2.19 bits per heavy atom. The summed E-state index contributed by atoms with van der Waals surface area (Å²) in [6.07, 6.45) is 4.02. The molecule has 1 aromatic carbocycles. The van der Waals surface area contributed by atoms with Gasteiger partial charge in [0.25, 0.3) is 0 Å². The van der Waals surface area contributed by atoms with Crippen molar-refractivity contribution in [2.45, 2.75) is 64.5 Å². The lowest BCUT2D eigenvalue weighted by Gasteiger charge is -2.37. The van der Waals surface area contributed by atoms with E-state index in [4.69, 9.17) is 0 Å². The van der Waals surface area contributed by atoms with Crippen LogP contribution in [0.5, 0.6) is 0 Å². The van der Waals surface area contributed by atoms with Crippen molar-refractivity contribution in [1.29, 1.82) is 0 Å². The van der Waals surface area contributed by atoms with E-state index < -0.39 is 11.7 Å². The van der Waals surface area contributed by atoms with Gasteiger partial charge in [-0.1, -0.05) is 38.2 Å². The Labute approximate surface area is 189 Å². The zero-order chi connectivity index (χ0) is 23.1. The van der Waals surface area contributed by atoms with Crippen LogP contribution in [0, 0.1) is 11.8 Å². The molecule has 1 saturated carbocycles. The van der Waals surface area contributed by atoms with Crippen molar-refractivity contribution in [2.24, 2.45) is 11.8 Å². The van der Waals surface area contributed by atoms with Gasteiger partial charge in [0, 0.05) is 45.2 Å². The highest BCUT2D eigenvalue weighted by molar-refractivity contribution is 6.36. The summed E-state index contributed by atoms with van der Waals surface area (Å²) < 4.78 is 38.9. The SMILES string of the molecule is CC(=O)C(=O)CCCC1CCC(CCN2CCN(c3cccc(C(F)(F)F)c3)CC2)CC1. The van der Waals surface area contributed by atoms with E-state index >= 15 is 0 Å². The lowest BCUT2D eigenvalue weighted by molar-refractivity contribution is -0.137. The number of alkyl halides is 3. The van der Waals surface area contributed by atoms with Crippen molar-refractivity contribution >= 4 is 17.3 Å². The van der Waals surface area contributed by atoms with Crippen molar-refractivity contribution in [3.05, 3.63) is 29.8 Å². The molecule has 0 unspecified atom stereocenters. The standard InChI is InChI=1S/C25H35F3N2O2/c1-19(31)24(32)7-2-4-20-8-10-21(11-9-20)12-13-29-14-16-30(17-15-29)23-6-3-5-22(18-23)25(26,27)28/h3,5-6,18,20-21H,2,4,7-17H2,1H3. The normalized spacial score (nSPS) is 22.7. The minimum absolute atomic E-state index is 0.244. The Morgan fingerprint density at radius 2 is 1.59 bits per heavy atom. The van der Waals surface area contributed by atoms with Crippen LogP contribution < -0.4 is 4.90 Å². The summed E-state index contributed by atoms with van der Waals surface area (Å²) in [5, 5.41) is 0. The second kappa shape index (κ2) is 11.3. The van der Waals surface area contributed by atoms with E-state index in [1.54, 1.807) is 6.07 Å². The molecule has 0 N–H and O–H groups in total. The molecule has 1 heterocycles. The zero-order valence-electron chi connectivity index (χ0n) is 19.0. The molecule has 0 amide bonds. The number of benzene rings is 1. The first kappa shape index (κ1) is 24.7. The Hall–Kier alpha value is -1.89. The number of piperazine rings is 1. The molecule has 7 heteroatoms. The van der Waals surface area contributed by atoms with Gasteiger partial charge in [0.15, 0.2) is 11.6 Å². The fourth-order valence-electron chi connectivity index (χ4n) is 5.01. The number of nitrogens with zero attached hydrogens (tertiary/aromatic N) is 2. The maximum atomic E-state index is 13.0. The van der Waals surface area contributed by atoms with Crippen LogP contribution in [0.15, 0.2) is 24.3 Å². The van der Waals surface area contributed by atoms with Gasteiger partial charge in [0.05, 0.1) is 5.56 Å². The molecule has 1 saturated heterocycles. The molecule has 0 aromatic heterocycles. The van der Waals surface area contributed by atoms with E-state index in [0.29, 0.717) is 18.0 Å². The largest absolute Gasteiger partial charge is 0.416 e. The highest BCUT2D eigenvalue weighted by Crippen LogP contribution is 2.34. The van der Waals surface area contributed by atoms with Crippen LogP contribution in [0.25, 0.3) is 0 Å². The maximum absolute atomic E-state index is 13.0. The number of Topliss-reactive ketones (excluding diaryl/α,β-unsaturated/α-hetero) is 2. The van der Waals surface area contributed by atoms with Gasteiger partial charge < -0.3 is 4.90 Å². The fourth-order valence-corrected chi connectivity index (χ4v) is 5.01. The number of carbonyl (C=O) groups is 2. The first-order valence-electron chi connectivity index (χ1n) is 11.9. The Morgan fingerprint density at radius 1 is 0.969 bits per heavy atom. The minimum atomic E-state index is -4.30. The minimum Gasteiger partial charge on any atom is -0.369 e. The molecule has 0 atom stereocenters. The molecule has 0 radical (unpaired) electrons. The summed E-state index contributed by atoms with van der Waals surface area (Å²) in [6, 6.07) is 5.63. The van der Waals surface area contributed by atoms with Gasteiger partial charge in [0.2, 0.25) is 0 Å². The average Bonchev–Trinajstić information content (AvgIpc) is 2.78. The first-order chi connectivity index (χ1) is 15.2. The van der Waals surface area contributed by atoms with Crippen molar-refractivity contribution in [3.63, 3.8) is 0 Å². The summed E-state index contributed by atoms with van der Waals surface area (Å²) in [5.74, 6) is 0.852. The van der Waals surface area contributed by atoms with Gasteiger partial charge in [0.1, 0.15) is 0 Å². The number of rotatable bonds is 9. The van der Waals surface area contributed by atoms with Crippen molar-refractivity contribution in [2.75, 3.05) is 37.6 Å². The van der Waals surface area contributed by atoms with Crippen LogP contribution in [0.3, 0.4) is 0 Å². The molecular formula is C25H35F3N2O2. The number of hydrogen-bond donors (Lipinski definition) is 0. The fraction of sp³-hybridized carbons (Fsp3) is 0.680. The second-order valence-corrected chi connectivity index (χ2v) is 9.42. The average molecular weight is 453 g/mol. The molecule has 2 fully saturated rings. The number of anilines is 1. The summed E-state index contributed by atoms with van der Waals surface area (Å²) in [4.78, 5) is 26.9. The van der Waals surface area contributed by atoms with Crippen LogP contribution in [0.2, 0.25) is 0 Å². The Bertz CT molecular complexity index is 765. The van der Waals surface area contributed by atoms with E-state index in [1.807, 2.05) is 4.90 Å². The topological polar surface area (TPSA) is 40.6 Å². The van der Waals surface area contributed by atoms with Crippen LogP contribution in [0.4, 0.5) is 18.9 Å². The van der Waals surface area contributed by atoms with Crippen LogP contribution in [0.1, 0.15) is 63.9 Å². The number of carbonyl (C=O) groups excluding carboxylic acids is 2. The number of halogens is 3. The van der Waals surface area contributed by atoms with E-state index in [-0.39, 0.29) is 11.6 Å². The van der Waals surface area contributed by atoms with E-state index in [0.717, 1.165) is 57.5 Å². The van der Waals surface area contributed by atoms with E-state index in [9.17, 15) is 22.8 Å². The van der Waals surface area contributed by atoms with Gasteiger partial charge >= 0.3 is 6.18 Å². The smallest absolute Gasteiger partial charge is 0.369 e. The van der Waals surface area contributed by atoms with Gasteiger partial charge in [-0.3, -0.25) is 14.5 Å². The van der Waals surface area contributed by atoms with Crippen molar-refractivity contribution in [1.82, 2.24) is 4.90 Å². The third kappa shape index (κ3) is 7.32. The maximum Gasteiger partial charge on any atom is 0.416 e. The zero-order valence-corrected chi connectivity index (χ0v) is 19.0. The van der Waals surface area contributed by atoms with Crippen molar-refractivity contribution in [3.8, 4) is 0 Å². The van der Waals surface area contributed by atoms with Crippen LogP contribution >= 0.6 is 0 Å². The molecule has 4 nitrogen and oxygen atoms in total. The second-order valence-electron chi connectivity index (χ2n) is 9.42. The molecule has 1 aliphatic carbocycles. The molecule has 0 spiro atoms. The third-order valence-electron chi connectivity index (χ3n) is 7.14. The van der Waals surface area contributed by atoms with Gasteiger partial charge in [-0.25, -0.2) is 0 Å². The molecule has 1 aliphatic heterocycles. The quantitative estimate of drug-likeness (QED) is 0.474. The van der Waals surface area contributed by atoms with Gasteiger partial charge in [-0.05, 0) is 49.4 Å². The summed E-state index contributed by atoms with van der Waals surface area (Å²) in [5.41, 5.74) is 0.0706. The summed E-state index contributed by atoms with van der Waals surface area (Å²) in [6.45, 7) is 5.68. The molecule has 2 aliphatic rings. The highest BCUT2D eigenvalue weighted by atomic mass is 19.4. The van der Waals surface area contributed by atoms with Crippen LogP contribution in [-0.2, 0) is 15.8 Å². The molecule has 0 bridgehead atoms. The van der Waals surface area contributed by atoms with E-state index in [2.05, 4.69) is 4.90 Å². The predicted molar refractivity (Wildman–Crippen MR) is 120 cm³/mol. The summed E-state index contributed by atoms with van der Waals surface area (Å²) in [7, 11) is 0. The lowest BCUT2D eigenvalue weighted by atomic mass is 9.78. The molecule has 32 heavy (non-hydrogen) atoms. The Kier molecular flexibility index (Phi) is 8.74. The Balaban J connectivity index is 1.32. The monoisotopic (exact) mass is 452 g/mol. The predicted octanol–water partition coefficient (Wildman–Crippen LogP) is 5.35. The number of hydrogen-bond acceptors (Lipinski definition) is 4. The third-order valence-corrected chi connectivity index (χ3v) is 7.14.